The summed E-state index contributed by atoms with van der Waals surface area (Å²) in [6.45, 7) is 0. The summed E-state index contributed by atoms with van der Waals surface area (Å²) in [5, 5.41) is 0. The molecule has 4 heavy (non-hydrogen) atoms. The van der Waals surface area contributed by atoms with Gasteiger partial charge in [0, 0.05) is 17.1 Å². The summed E-state index contributed by atoms with van der Waals surface area (Å²) in [6.07, 6.45) is 0. The summed E-state index contributed by atoms with van der Waals surface area (Å²) in [7, 11) is 0. The van der Waals surface area contributed by atoms with Crippen LogP contribution in [-0.4, -0.2) is 23.1 Å². The zero-order valence-electron chi connectivity index (χ0n) is 5.42. The van der Waals surface area contributed by atoms with Crippen LogP contribution in [0.4, 0.5) is 4.70 Å². The molecule has 0 aromatic carbocycles. The van der Waals surface area contributed by atoms with Gasteiger partial charge in [-0.2, -0.15) is 0 Å². The molecule has 0 aromatic heterocycles. The van der Waals surface area contributed by atoms with E-state index in [2.05, 4.69) is 0 Å². The van der Waals surface area contributed by atoms with Gasteiger partial charge in [-0.15, -0.1) is 0 Å². The van der Waals surface area contributed by atoms with Crippen LogP contribution in [0.15, 0.2) is 0 Å². The second-order valence-corrected chi connectivity index (χ2v) is 0. The molecule has 0 bridgehead atoms. The van der Waals surface area contributed by atoms with Gasteiger partial charge in [-0.05, 0) is 0 Å². The Morgan fingerprint density at radius 2 is 1.25 bits per heavy atom. The first-order valence-corrected chi connectivity index (χ1v) is 0. The van der Waals surface area contributed by atoms with E-state index < -0.39 is 0 Å². The van der Waals surface area contributed by atoms with Crippen LogP contribution >= 0.6 is 0 Å². The van der Waals surface area contributed by atoms with Crippen LogP contribution in [0.5, 0.6) is 0 Å². The van der Waals surface area contributed by atoms with Crippen molar-refractivity contribution in [3.63, 3.8) is 0 Å². The van der Waals surface area contributed by atoms with Gasteiger partial charge in [0.25, 0.3) is 0 Å². The Bertz CT molecular complexity index is 14.9. The Morgan fingerprint density at radius 1 is 1.25 bits per heavy atom. The average Bonchev–Trinajstić information content (AvgIpc) is 0. The van der Waals surface area contributed by atoms with Gasteiger partial charge in [0.05, 0.1) is 0 Å². The molecule has 0 aromatic rings. The van der Waals surface area contributed by atoms with Gasteiger partial charge in [0.2, 0.25) is 0 Å². The van der Waals surface area contributed by atoms with Crippen LogP contribution in [0.25, 0.3) is 0 Å². The van der Waals surface area contributed by atoms with Crippen molar-refractivity contribution >= 4 is 23.1 Å². The topological polar surface area (TPSA) is 0 Å². The molecule has 0 atom stereocenters. The average molecular weight is 118 g/mol. The molecule has 0 heterocycles. The normalized spacial score (nSPS) is 0. The van der Waals surface area contributed by atoms with E-state index in [-0.39, 0.29) is 68.0 Å². The molecule has 0 saturated heterocycles. The largest absolute Gasteiger partial charge is 2.00 e. The Hall–Kier alpha value is 1.81. The Morgan fingerprint density at radius 3 is 1.25 bits per heavy atom. The first-order valence-electron chi connectivity index (χ1n) is 0. The molecule has 0 fully saturated rings. The predicted molar refractivity (Wildman–Crippen MR) is 11.6 cm³/mol. The standard InChI is InChI=1S/Cu.FH.Li.Mg.3H/h;1H;;;;;/q;;+1;+2;3*-1. The van der Waals surface area contributed by atoms with Crippen LogP contribution < -0.4 is 18.9 Å². The third kappa shape index (κ3) is 9.18. The van der Waals surface area contributed by atoms with Gasteiger partial charge >= 0.3 is 41.9 Å². The van der Waals surface area contributed by atoms with E-state index in [0.29, 0.717) is 0 Å². The van der Waals surface area contributed by atoms with E-state index >= 15 is 0 Å². The SMILES string of the molecule is F.[Cu].[H-].[H-].[H-].[Li+].[Mg+2]. The van der Waals surface area contributed by atoms with Gasteiger partial charge in [0.1, 0.15) is 0 Å². The van der Waals surface area contributed by atoms with Crippen molar-refractivity contribution in [3.8, 4) is 0 Å². The molecule has 0 aliphatic rings. The Kier molecular flexibility index (Phi) is 218. The second-order valence-electron chi connectivity index (χ2n) is 0. The van der Waals surface area contributed by atoms with E-state index in [1.807, 2.05) is 0 Å². The maximum atomic E-state index is 0. The first kappa shape index (κ1) is 41.0. The van der Waals surface area contributed by atoms with Crippen LogP contribution in [0.3, 0.4) is 0 Å². The fourth-order valence-corrected chi connectivity index (χ4v) is 0. The predicted octanol–water partition coefficient (Wildman–Crippen LogP) is -2.89. The molecule has 0 rings (SSSR count). The van der Waals surface area contributed by atoms with Crippen LogP contribution in [0.2, 0.25) is 0 Å². The minimum Gasteiger partial charge on any atom is -1.00 e. The van der Waals surface area contributed by atoms with Crippen molar-refractivity contribution in [3.05, 3.63) is 0 Å². The Labute approximate surface area is 67.7 Å². The summed E-state index contributed by atoms with van der Waals surface area (Å²) in [4.78, 5) is 0. The first-order chi connectivity index (χ1) is 0. The molecule has 0 nitrogen and oxygen atoms in total. The number of halogens is 1. The molecule has 0 aliphatic heterocycles. The number of rotatable bonds is 0. The quantitative estimate of drug-likeness (QED) is 0.299. The maximum absolute atomic E-state index is 0. The molecule has 1 radical (unpaired) electrons. The molecule has 0 aliphatic carbocycles. The van der Waals surface area contributed by atoms with Gasteiger partial charge in [0.15, 0.2) is 0 Å². The minimum absolute atomic E-state index is 0. The molecule has 4 heteroatoms. The van der Waals surface area contributed by atoms with Crippen LogP contribution in [-0.2, 0) is 17.1 Å². The molecular formula is H4CuFLiMg. The van der Waals surface area contributed by atoms with E-state index in [9.17, 15) is 0 Å². The zero-order valence-corrected chi connectivity index (χ0v) is 4.77. The third-order valence-electron chi connectivity index (χ3n) is 0. The van der Waals surface area contributed by atoms with Crippen molar-refractivity contribution in [2.24, 2.45) is 0 Å². The van der Waals surface area contributed by atoms with Crippen molar-refractivity contribution in [2.45, 2.75) is 0 Å². The van der Waals surface area contributed by atoms with Crippen LogP contribution in [0, 0.1) is 0 Å². The molecule has 0 spiro atoms. The van der Waals surface area contributed by atoms with Crippen LogP contribution in [0.1, 0.15) is 4.28 Å². The van der Waals surface area contributed by atoms with E-state index in [1.54, 1.807) is 0 Å². The molecule has 0 amide bonds. The summed E-state index contributed by atoms with van der Waals surface area (Å²) < 4.78 is 0. The monoisotopic (exact) mass is 117 g/mol. The van der Waals surface area contributed by atoms with E-state index in [4.69, 9.17) is 0 Å². The fraction of sp³-hybridized carbons (Fsp3) is 0. The zero-order chi connectivity index (χ0) is 0. The summed E-state index contributed by atoms with van der Waals surface area (Å²) in [5.41, 5.74) is 0. The maximum Gasteiger partial charge on any atom is 2.00 e. The van der Waals surface area contributed by atoms with Crippen molar-refractivity contribution in [1.82, 2.24) is 0 Å². The fourth-order valence-electron chi connectivity index (χ4n) is 0. The summed E-state index contributed by atoms with van der Waals surface area (Å²) in [6, 6.07) is 0. The van der Waals surface area contributed by atoms with E-state index in [1.165, 1.54) is 0 Å². The molecule has 25 valence electrons. The molecule has 0 unspecified atom stereocenters. The minimum atomic E-state index is 0. The smallest absolute Gasteiger partial charge is 1.00 e. The van der Waals surface area contributed by atoms with E-state index in [0.717, 1.165) is 0 Å². The third-order valence-corrected chi connectivity index (χ3v) is 0. The summed E-state index contributed by atoms with van der Waals surface area (Å²) >= 11 is 0. The van der Waals surface area contributed by atoms with Gasteiger partial charge in [-0.25, -0.2) is 0 Å². The molecule has 0 N–H and O–H groups in total. The van der Waals surface area contributed by atoms with Crippen molar-refractivity contribution < 1.29 is 44.9 Å². The molecule has 0 saturated carbocycles. The van der Waals surface area contributed by atoms with Gasteiger partial charge in [-0.3, -0.25) is 4.70 Å². The molecular weight excluding hydrogens is 114 g/mol. The van der Waals surface area contributed by atoms with Gasteiger partial charge < -0.3 is 4.28 Å². The number of hydrogen-bond donors (Lipinski definition) is 0. The second kappa shape index (κ2) is 21.3. The van der Waals surface area contributed by atoms with Crippen molar-refractivity contribution in [2.75, 3.05) is 0 Å². The van der Waals surface area contributed by atoms with Gasteiger partial charge in [-0.1, -0.05) is 0 Å². The number of hydrogen-bond acceptors (Lipinski definition) is 0. The van der Waals surface area contributed by atoms with Crippen molar-refractivity contribution in [1.29, 1.82) is 0 Å². The summed E-state index contributed by atoms with van der Waals surface area (Å²) in [5.74, 6) is 0. The Balaban J connectivity index is 0.